The highest BCUT2D eigenvalue weighted by atomic mass is 16.5. The summed E-state index contributed by atoms with van der Waals surface area (Å²) in [6.07, 6.45) is 2.13. The zero-order chi connectivity index (χ0) is 21.2. The number of anilines is 1. The van der Waals surface area contributed by atoms with Gasteiger partial charge in [0.2, 0.25) is 5.91 Å². The predicted molar refractivity (Wildman–Crippen MR) is 125 cm³/mol. The van der Waals surface area contributed by atoms with Crippen LogP contribution in [0.15, 0.2) is 60.8 Å². The standard InChI is InChI=1S/C25H28N4O2/c1-19-16-20-4-2-3-5-24(20)29(19)18-25(30)26-22-6-7-23-21(17-22)8-9-28(23)11-10-27-12-14-31-15-13-27/h2-9,16-17H,10-15,18H2,1H3,(H,26,30). The Hall–Kier alpha value is -3.09. The van der Waals surface area contributed by atoms with Gasteiger partial charge in [-0.1, -0.05) is 18.2 Å². The van der Waals surface area contributed by atoms with E-state index in [4.69, 9.17) is 4.74 Å². The van der Waals surface area contributed by atoms with E-state index in [0.717, 1.165) is 67.1 Å². The van der Waals surface area contributed by atoms with E-state index in [1.54, 1.807) is 0 Å². The van der Waals surface area contributed by atoms with Crippen LogP contribution in [0, 0.1) is 6.92 Å². The normalized spacial score (nSPS) is 15.0. The number of fused-ring (bicyclic) bond motifs is 2. The predicted octanol–water partition coefficient (Wildman–Crippen LogP) is 3.88. The molecule has 1 fully saturated rings. The van der Waals surface area contributed by atoms with Crippen LogP contribution in [0.25, 0.3) is 21.8 Å². The summed E-state index contributed by atoms with van der Waals surface area (Å²) in [6, 6.07) is 18.5. The van der Waals surface area contributed by atoms with Crippen molar-refractivity contribution in [1.29, 1.82) is 0 Å². The first kappa shape index (κ1) is 19.8. The van der Waals surface area contributed by atoms with Crippen LogP contribution in [0.1, 0.15) is 5.69 Å². The smallest absolute Gasteiger partial charge is 0.244 e. The molecule has 0 atom stereocenters. The second-order valence-electron chi connectivity index (χ2n) is 8.22. The van der Waals surface area contributed by atoms with Crippen LogP contribution in [0.4, 0.5) is 5.69 Å². The number of morpholine rings is 1. The molecule has 5 rings (SSSR count). The van der Waals surface area contributed by atoms with Gasteiger partial charge in [0.05, 0.1) is 13.2 Å². The van der Waals surface area contributed by atoms with Gasteiger partial charge in [-0.15, -0.1) is 0 Å². The number of ether oxygens (including phenoxy) is 1. The first-order valence-corrected chi connectivity index (χ1v) is 10.9. The number of aromatic nitrogens is 2. The summed E-state index contributed by atoms with van der Waals surface area (Å²) in [5.41, 5.74) is 4.20. The number of carbonyl (C=O) groups excluding carboxylic acids is 1. The molecule has 0 radical (unpaired) electrons. The Balaban J connectivity index is 1.26. The zero-order valence-electron chi connectivity index (χ0n) is 17.9. The lowest BCUT2D eigenvalue weighted by molar-refractivity contribution is -0.116. The molecular formula is C25H28N4O2. The van der Waals surface area contributed by atoms with E-state index in [0.29, 0.717) is 6.54 Å². The van der Waals surface area contributed by atoms with Crippen molar-refractivity contribution in [2.45, 2.75) is 20.0 Å². The molecule has 0 saturated carbocycles. The Kier molecular flexibility index (Phi) is 5.49. The van der Waals surface area contributed by atoms with Gasteiger partial charge in [-0.3, -0.25) is 9.69 Å². The summed E-state index contributed by atoms with van der Waals surface area (Å²) >= 11 is 0. The number of rotatable bonds is 6. The van der Waals surface area contributed by atoms with Crippen molar-refractivity contribution in [3.05, 3.63) is 66.5 Å². The quantitative estimate of drug-likeness (QED) is 0.519. The maximum atomic E-state index is 12.7. The fraction of sp³-hybridized carbons (Fsp3) is 0.320. The van der Waals surface area contributed by atoms with Crippen molar-refractivity contribution >= 4 is 33.4 Å². The second kappa shape index (κ2) is 8.57. The van der Waals surface area contributed by atoms with E-state index in [1.807, 2.05) is 25.1 Å². The van der Waals surface area contributed by atoms with Gasteiger partial charge in [-0.2, -0.15) is 0 Å². The molecule has 31 heavy (non-hydrogen) atoms. The third kappa shape index (κ3) is 4.22. The maximum Gasteiger partial charge on any atom is 0.244 e. The summed E-state index contributed by atoms with van der Waals surface area (Å²) < 4.78 is 9.77. The van der Waals surface area contributed by atoms with Crippen molar-refractivity contribution in [3.63, 3.8) is 0 Å². The van der Waals surface area contributed by atoms with E-state index in [2.05, 4.69) is 61.9 Å². The summed E-state index contributed by atoms with van der Waals surface area (Å²) in [6.45, 7) is 7.99. The van der Waals surface area contributed by atoms with Crippen LogP contribution in [0.2, 0.25) is 0 Å². The molecule has 6 heteroatoms. The first-order chi connectivity index (χ1) is 15.2. The Labute approximate surface area is 182 Å². The van der Waals surface area contributed by atoms with E-state index >= 15 is 0 Å². The van der Waals surface area contributed by atoms with Crippen LogP contribution in [0.5, 0.6) is 0 Å². The monoisotopic (exact) mass is 416 g/mol. The molecule has 160 valence electrons. The Morgan fingerprint density at radius 3 is 2.65 bits per heavy atom. The van der Waals surface area contributed by atoms with Gasteiger partial charge in [0.1, 0.15) is 6.54 Å². The largest absolute Gasteiger partial charge is 0.379 e. The van der Waals surface area contributed by atoms with Gasteiger partial charge in [0.25, 0.3) is 0 Å². The van der Waals surface area contributed by atoms with Crippen molar-refractivity contribution in [1.82, 2.24) is 14.0 Å². The number of para-hydroxylation sites is 1. The van der Waals surface area contributed by atoms with E-state index in [-0.39, 0.29) is 5.91 Å². The molecule has 2 aromatic heterocycles. The van der Waals surface area contributed by atoms with Gasteiger partial charge in [-0.25, -0.2) is 0 Å². The molecule has 4 aromatic rings. The lowest BCUT2D eigenvalue weighted by Gasteiger charge is -2.26. The number of carbonyl (C=O) groups is 1. The van der Waals surface area contributed by atoms with Gasteiger partial charge in [0.15, 0.2) is 0 Å². The van der Waals surface area contributed by atoms with Gasteiger partial charge >= 0.3 is 0 Å². The fourth-order valence-corrected chi connectivity index (χ4v) is 4.45. The molecule has 6 nitrogen and oxygen atoms in total. The highest BCUT2D eigenvalue weighted by molar-refractivity contribution is 5.95. The van der Waals surface area contributed by atoms with E-state index in [1.165, 1.54) is 5.52 Å². The molecule has 2 aromatic carbocycles. The van der Waals surface area contributed by atoms with Crippen LogP contribution in [0.3, 0.4) is 0 Å². The Morgan fingerprint density at radius 2 is 1.77 bits per heavy atom. The van der Waals surface area contributed by atoms with Crippen LogP contribution in [-0.4, -0.2) is 52.8 Å². The number of hydrogen-bond donors (Lipinski definition) is 1. The third-order valence-electron chi connectivity index (χ3n) is 6.14. The summed E-state index contributed by atoms with van der Waals surface area (Å²) in [4.78, 5) is 15.2. The minimum Gasteiger partial charge on any atom is -0.379 e. The van der Waals surface area contributed by atoms with Crippen LogP contribution < -0.4 is 5.32 Å². The van der Waals surface area contributed by atoms with Gasteiger partial charge < -0.3 is 19.2 Å². The summed E-state index contributed by atoms with van der Waals surface area (Å²) in [5.74, 6) is -0.0180. The molecule has 3 heterocycles. The van der Waals surface area contributed by atoms with Crippen molar-refractivity contribution in [2.75, 3.05) is 38.2 Å². The van der Waals surface area contributed by atoms with E-state index < -0.39 is 0 Å². The van der Waals surface area contributed by atoms with Crippen molar-refractivity contribution in [3.8, 4) is 0 Å². The average molecular weight is 417 g/mol. The topological polar surface area (TPSA) is 51.4 Å². The van der Waals surface area contributed by atoms with E-state index in [9.17, 15) is 4.79 Å². The third-order valence-corrected chi connectivity index (χ3v) is 6.14. The zero-order valence-corrected chi connectivity index (χ0v) is 17.9. The number of hydrogen-bond acceptors (Lipinski definition) is 3. The molecule has 1 N–H and O–H groups in total. The minimum absolute atomic E-state index is 0.0180. The first-order valence-electron chi connectivity index (χ1n) is 10.9. The lowest BCUT2D eigenvalue weighted by Crippen LogP contribution is -2.38. The van der Waals surface area contributed by atoms with Gasteiger partial charge in [0, 0.05) is 60.2 Å². The SMILES string of the molecule is Cc1cc2ccccc2n1CC(=O)Nc1ccc2c(ccn2CCN2CCOCC2)c1. The minimum atomic E-state index is -0.0180. The van der Waals surface area contributed by atoms with Crippen LogP contribution in [-0.2, 0) is 22.6 Å². The van der Waals surface area contributed by atoms with Gasteiger partial charge in [-0.05, 0) is 48.7 Å². The molecule has 0 spiro atoms. The summed E-state index contributed by atoms with van der Waals surface area (Å²) in [5, 5.41) is 5.37. The number of nitrogens with zero attached hydrogens (tertiary/aromatic N) is 3. The Bertz CT molecular complexity index is 1220. The number of aryl methyl sites for hydroxylation is 1. The lowest BCUT2D eigenvalue weighted by atomic mass is 10.2. The molecule has 0 bridgehead atoms. The molecule has 1 aliphatic heterocycles. The number of benzene rings is 2. The molecular weight excluding hydrogens is 388 g/mol. The number of amides is 1. The van der Waals surface area contributed by atoms with Crippen molar-refractivity contribution < 1.29 is 9.53 Å². The second-order valence-corrected chi connectivity index (χ2v) is 8.22. The molecule has 0 aliphatic carbocycles. The average Bonchev–Trinajstić information content (AvgIpc) is 3.33. The molecule has 1 saturated heterocycles. The number of nitrogens with one attached hydrogen (secondary N) is 1. The van der Waals surface area contributed by atoms with Crippen molar-refractivity contribution in [2.24, 2.45) is 0 Å². The Morgan fingerprint density at radius 1 is 0.968 bits per heavy atom. The maximum absolute atomic E-state index is 12.7. The molecule has 1 aliphatic rings. The summed E-state index contributed by atoms with van der Waals surface area (Å²) in [7, 11) is 0. The fourth-order valence-electron chi connectivity index (χ4n) is 4.45. The van der Waals surface area contributed by atoms with Crippen LogP contribution >= 0.6 is 0 Å². The highest BCUT2D eigenvalue weighted by Gasteiger charge is 2.12. The molecule has 0 unspecified atom stereocenters. The highest BCUT2D eigenvalue weighted by Crippen LogP contribution is 2.22. The molecule has 1 amide bonds.